The summed E-state index contributed by atoms with van der Waals surface area (Å²) >= 11 is 7.90. The Balaban J connectivity index is 2.09. The van der Waals surface area contributed by atoms with Gasteiger partial charge in [0.1, 0.15) is 13.2 Å². The van der Waals surface area contributed by atoms with Gasteiger partial charge >= 0.3 is 0 Å². The van der Waals surface area contributed by atoms with Crippen molar-refractivity contribution in [2.24, 2.45) is 0 Å². The minimum atomic E-state index is 0.0510. The van der Waals surface area contributed by atoms with E-state index in [0.29, 0.717) is 47.0 Å². The first-order chi connectivity index (χ1) is 9.08. The first-order valence-electron chi connectivity index (χ1n) is 6.32. The second-order valence-corrected chi connectivity index (χ2v) is 6.66. The number of halogens is 1. The van der Waals surface area contributed by atoms with E-state index in [0.717, 1.165) is 5.75 Å². The Labute approximate surface area is 122 Å². The molecule has 1 aliphatic rings. The van der Waals surface area contributed by atoms with Crippen LogP contribution in [0.4, 0.5) is 0 Å². The van der Waals surface area contributed by atoms with Gasteiger partial charge in [0.2, 0.25) is 0 Å². The molecule has 0 unspecified atom stereocenters. The maximum atomic E-state index is 12.1. The number of ether oxygens (including phenoxy) is 2. The predicted molar refractivity (Wildman–Crippen MR) is 79.0 cm³/mol. The fraction of sp³-hybridized carbons (Fsp3) is 0.500. The summed E-state index contributed by atoms with van der Waals surface area (Å²) in [7, 11) is 0. The van der Waals surface area contributed by atoms with Gasteiger partial charge in [0.15, 0.2) is 17.3 Å². The van der Waals surface area contributed by atoms with Gasteiger partial charge < -0.3 is 9.47 Å². The second-order valence-electron chi connectivity index (χ2n) is 4.57. The van der Waals surface area contributed by atoms with Crippen molar-refractivity contribution in [1.82, 2.24) is 0 Å². The first-order valence-corrected chi connectivity index (χ1v) is 7.74. The predicted octanol–water partition coefficient (Wildman–Crippen LogP) is 3.83. The molecule has 0 N–H and O–H groups in total. The molecule has 5 heteroatoms. The number of carbonyl (C=O) groups is 1. The van der Waals surface area contributed by atoms with E-state index in [9.17, 15) is 4.79 Å². The van der Waals surface area contributed by atoms with E-state index < -0.39 is 0 Å². The van der Waals surface area contributed by atoms with Gasteiger partial charge in [-0.1, -0.05) is 25.4 Å². The van der Waals surface area contributed by atoms with Gasteiger partial charge in [0.05, 0.1) is 5.02 Å². The lowest BCUT2D eigenvalue weighted by Gasteiger charge is -2.19. The zero-order chi connectivity index (χ0) is 13.8. The van der Waals surface area contributed by atoms with E-state index in [1.165, 1.54) is 0 Å². The highest BCUT2D eigenvalue weighted by molar-refractivity contribution is 7.99. The number of Topliss-reactive ketones (excluding diaryl/α,β-unsaturated/α-hetero) is 1. The van der Waals surface area contributed by atoms with Gasteiger partial charge in [-0.15, -0.1) is 0 Å². The topological polar surface area (TPSA) is 35.5 Å². The molecule has 1 aromatic rings. The lowest BCUT2D eigenvalue weighted by Crippen LogP contribution is -2.16. The lowest BCUT2D eigenvalue weighted by atomic mass is 10.1. The highest BCUT2D eigenvalue weighted by Crippen LogP contribution is 2.35. The van der Waals surface area contributed by atoms with Crippen molar-refractivity contribution in [2.45, 2.75) is 25.5 Å². The highest BCUT2D eigenvalue weighted by Gasteiger charge is 2.18. The molecule has 1 aromatic carbocycles. The molecule has 0 atom stereocenters. The Morgan fingerprint density at radius 2 is 1.95 bits per heavy atom. The summed E-state index contributed by atoms with van der Waals surface area (Å²) in [6.07, 6.45) is 0.488. The van der Waals surface area contributed by atoms with Crippen LogP contribution in [0.3, 0.4) is 0 Å². The van der Waals surface area contributed by atoms with Crippen LogP contribution in [0.1, 0.15) is 30.6 Å². The van der Waals surface area contributed by atoms with Crippen LogP contribution in [-0.2, 0) is 0 Å². The third-order valence-electron chi connectivity index (χ3n) is 2.71. The smallest absolute Gasteiger partial charge is 0.165 e. The van der Waals surface area contributed by atoms with Crippen molar-refractivity contribution in [3.05, 3.63) is 22.7 Å². The molecule has 0 saturated carbocycles. The third-order valence-corrected chi connectivity index (χ3v) is 4.13. The van der Waals surface area contributed by atoms with Gasteiger partial charge in [-0.25, -0.2) is 0 Å². The molecule has 0 bridgehead atoms. The standard InChI is InChI=1S/C14H17ClO3S/c1-9(2)19-6-3-12(16)10-7-13-14(8-11(10)15)18-5-4-17-13/h7-9H,3-6H2,1-2H3. The molecule has 0 aromatic heterocycles. The van der Waals surface area contributed by atoms with E-state index in [1.807, 2.05) is 0 Å². The quantitative estimate of drug-likeness (QED) is 0.774. The first kappa shape index (κ1) is 14.5. The molecule has 104 valence electrons. The summed E-state index contributed by atoms with van der Waals surface area (Å²) in [6, 6.07) is 3.36. The van der Waals surface area contributed by atoms with Crippen molar-refractivity contribution in [3.63, 3.8) is 0 Å². The summed E-state index contributed by atoms with van der Waals surface area (Å²) < 4.78 is 10.9. The fourth-order valence-corrected chi connectivity index (χ4v) is 2.83. The number of carbonyl (C=O) groups excluding carboxylic acids is 1. The van der Waals surface area contributed by atoms with Gasteiger partial charge in [-0.2, -0.15) is 11.8 Å². The molecule has 3 nitrogen and oxygen atoms in total. The highest BCUT2D eigenvalue weighted by atomic mass is 35.5. The summed E-state index contributed by atoms with van der Waals surface area (Å²) in [4.78, 5) is 12.1. The third kappa shape index (κ3) is 3.80. The van der Waals surface area contributed by atoms with E-state index in [1.54, 1.807) is 23.9 Å². The average molecular weight is 301 g/mol. The number of ketones is 1. The van der Waals surface area contributed by atoms with Crippen molar-refractivity contribution >= 4 is 29.1 Å². The Hall–Kier alpha value is -0.870. The van der Waals surface area contributed by atoms with Crippen LogP contribution in [0.25, 0.3) is 0 Å². The number of hydrogen-bond donors (Lipinski definition) is 0. The number of benzene rings is 1. The lowest BCUT2D eigenvalue weighted by molar-refractivity contribution is 0.0988. The molecule has 1 heterocycles. The molecule has 1 aliphatic heterocycles. The normalized spacial score (nSPS) is 13.7. The van der Waals surface area contributed by atoms with Crippen molar-refractivity contribution < 1.29 is 14.3 Å². The van der Waals surface area contributed by atoms with Crippen molar-refractivity contribution in [1.29, 1.82) is 0 Å². The zero-order valence-corrected chi connectivity index (χ0v) is 12.6. The summed E-state index contributed by atoms with van der Waals surface area (Å²) in [6.45, 7) is 5.26. The van der Waals surface area contributed by atoms with Gasteiger partial charge in [-0.05, 0) is 11.3 Å². The van der Waals surface area contributed by atoms with Gasteiger partial charge in [0.25, 0.3) is 0 Å². The number of hydrogen-bond acceptors (Lipinski definition) is 4. The van der Waals surface area contributed by atoms with E-state index in [4.69, 9.17) is 21.1 Å². The molecule has 0 aliphatic carbocycles. The second kappa shape index (κ2) is 6.53. The van der Waals surface area contributed by atoms with Crippen LogP contribution in [-0.4, -0.2) is 30.0 Å². The van der Waals surface area contributed by atoms with Crippen molar-refractivity contribution in [2.75, 3.05) is 19.0 Å². The maximum Gasteiger partial charge on any atom is 0.165 e. The molecular formula is C14H17ClO3S. The molecular weight excluding hydrogens is 284 g/mol. The van der Waals surface area contributed by atoms with Crippen molar-refractivity contribution in [3.8, 4) is 11.5 Å². The van der Waals surface area contributed by atoms with E-state index >= 15 is 0 Å². The molecule has 0 fully saturated rings. The summed E-state index contributed by atoms with van der Waals surface area (Å²) in [5.74, 6) is 2.08. The zero-order valence-electron chi connectivity index (χ0n) is 11.1. The van der Waals surface area contributed by atoms with Gasteiger partial charge in [-0.3, -0.25) is 4.79 Å². The number of thioether (sulfide) groups is 1. The maximum absolute atomic E-state index is 12.1. The fourth-order valence-electron chi connectivity index (χ4n) is 1.80. The largest absolute Gasteiger partial charge is 0.486 e. The Bertz CT molecular complexity index is 474. The molecule has 2 rings (SSSR count). The SMILES string of the molecule is CC(C)SCCC(=O)c1cc2c(cc1Cl)OCCO2. The van der Waals surface area contributed by atoms with Crippen LogP contribution >= 0.6 is 23.4 Å². The minimum absolute atomic E-state index is 0.0510. The van der Waals surface area contributed by atoms with Crippen LogP contribution in [0.15, 0.2) is 12.1 Å². The monoisotopic (exact) mass is 300 g/mol. The number of fused-ring (bicyclic) bond motifs is 1. The van der Waals surface area contributed by atoms with Crippen LogP contribution in [0, 0.1) is 0 Å². The number of rotatable bonds is 5. The minimum Gasteiger partial charge on any atom is -0.486 e. The van der Waals surface area contributed by atoms with E-state index in [-0.39, 0.29) is 5.78 Å². The Morgan fingerprint density at radius 1 is 1.32 bits per heavy atom. The molecule has 0 saturated heterocycles. The van der Waals surface area contributed by atoms with Gasteiger partial charge in [0, 0.05) is 23.8 Å². The summed E-state index contributed by atoms with van der Waals surface area (Å²) in [5.41, 5.74) is 0.523. The average Bonchev–Trinajstić information content (AvgIpc) is 2.37. The molecule has 19 heavy (non-hydrogen) atoms. The Morgan fingerprint density at radius 3 is 2.58 bits per heavy atom. The van der Waals surface area contributed by atoms with Crippen LogP contribution < -0.4 is 9.47 Å². The Kier molecular flexibility index (Phi) is 4.99. The van der Waals surface area contributed by atoms with Crippen LogP contribution in [0.2, 0.25) is 5.02 Å². The van der Waals surface area contributed by atoms with E-state index in [2.05, 4.69) is 13.8 Å². The molecule has 0 amide bonds. The molecule has 0 radical (unpaired) electrons. The summed E-state index contributed by atoms with van der Waals surface area (Å²) in [5, 5.41) is 0.965. The van der Waals surface area contributed by atoms with Crippen LogP contribution in [0.5, 0.6) is 11.5 Å². The molecule has 0 spiro atoms.